The lowest BCUT2D eigenvalue weighted by Gasteiger charge is -2.01. The van der Waals surface area contributed by atoms with Crippen LogP contribution >= 0.6 is 23.4 Å². The van der Waals surface area contributed by atoms with Crippen LogP contribution in [0.4, 0.5) is 13.2 Å². The van der Waals surface area contributed by atoms with Gasteiger partial charge in [-0.25, -0.2) is 13.2 Å². The fourth-order valence-corrected chi connectivity index (χ4v) is 2.11. The smallest absolute Gasteiger partial charge is 0.276 e. The van der Waals surface area contributed by atoms with E-state index in [0.29, 0.717) is 0 Å². The van der Waals surface area contributed by atoms with Crippen molar-refractivity contribution >= 4 is 23.4 Å². The lowest BCUT2D eigenvalue weighted by molar-refractivity contribution is 0.176. The molecule has 2 rings (SSSR count). The van der Waals surface area contributed by atoms with Crippen molar-refractivity contribution in [2.24, 2.45) is 0 Å². The molecule has 3 nitrogen and oxygen atoms in total. The van der Waals surface area contributed by atoms with E-state index < -0.39 is 18.0 Å². The van der Waals surface area contributed by atoms with Gasteiger partial charge in [-0.3, -0.25) is 0 Å². The van der Waals surface area contributed by atoms with Crippen LogP contribution in [-0.2, 0) is 6.42 Å². The molecule has 0 aliphatic heterocycles. The SMILES string of the molecule is Fc1cccc(Cl)c1Cc1nnc(SCC(F)F)o1. The molecule has 1 heterocycles. The third kappa shape index (κ3) is 3.87. The zero-order valence-corrected chi connectivity index (χ0v) is 11.0. The molecule has 0 aliphatic rings. The third-order valence-corrected chi connectivity index (χ3v) is 3.36. The van der Waals surface area contributed by atoms with Gasteiger partial charge in [-0.2, -0.15) is 0 Å². The summed E-state index contributed by atoms with van der Waals surface area (Å²) >= 11 is 6.61. The van der Waals surface area contributed by atoms with Crippen molar-refractivity contribution in [1.29, 1.82) is 0 Å². The first-order chi connectivity index (χ1) is 9.06. The molecule has 0 fully saturated rings. The van der Waals surface area contributed by atoms with E-state index in [0.717, 1.165) is 11.8 Å². The number of hydrogen-bond acceptors (Lipinski definition) is 4. The monoisotopic (exact) mass is 308 g/mol. The highest BCUT2D eigenvalue weighted by Gasteiger charge is 2.14. The van der Waals surface area contributed by atoms with Crippen molar-refractivity contribution in [2.75, 3.05) is 5.75 Å². The molecule has 0 radical (unpaired) electrons. The van der Waals surface area contributed by atoms with Crippen molar-refractivity contribution in [3.8, 4) is 0 Å². The number of benzene rings is 1. The molecular weight excluding hydrogens is 301 g/mol. The Hall–Kier alpha value is -1.21. The Morgan fingerprint density at radius 1 is 1.32 bits per heavy atom. The van der Waals surface area contributed by atoms with E-state index in [2.05, 4.69) is 10.2 Å². The van der Waals surface area contributed by atoms with Gasteiger partial charge in [-0.15, -0.1) is 10.2 Å². The zero-order chi connectivity index (χ0) is 13.8. The summed E-state index contributed by atoms with van der Waals surface area (Å²) in [6.45, 7) is 0. The van der Waals surface area contributed by atoms with E-state index in [1.165, 1.54) is 12.1 Å². The van der Waals surface area contributed by atoms with Crippen molar-refractivity contribution in [1.82, 2.24) is 10.2 Å². The van der Waals surface area contributed by atoms with Gasteiger partial charge in [0, 0.05) is 10.6 Å². The molecule has 1 aromatic heterocycles. The summed E-state index contributed by atoms with van der Waals surface area (Å²) in [5.74, 6) is -0.779. The molecule has 0 spiro atoms. The molecule has 0 saturated carbocycles. The Bertz CT molecular complexity index is 544. The standard InChI is InChI=1S/C11H8ClF3N2OS/c12-7-2-1-3-8(13)6(7)4-10-16-17-11(18-10)19-5-9(14)15/h1-3,9H,4-5H2. The molecule has 0 bridgehead atoms. The zero-order valence-electron chi connectivity index (χ0n) is 9.45. The summed E-state index contributed by atoms with van der Waals surface area (Å²) in [6, 6.07) is 4.30. The molecular formula is C11H8ClF3N2OS. The van der Waals surface area contributed by atoms with Gasteiger partial charge < -0.3 is 4.42 Å². The summed E-state index contributed by atoms with van der Waals surface area (Å²) < 4.78 is 42.7. The van der Waals surface area contributed by atoms with Crippen LogP contribution in [0.3, 0.4) is 0 Å². The van der Waals surface area contributed by atoms with Crippen LogP contribution in [0.25, 0.3) is 0 Å². The fourth-order valence-electron chi connectivity index (χ4n) is 1.35. The highest BCUT2D eigenvalue weighted by atomic mass is 35.5. The number of alkyl halides is 2. The minimum absolute atomic E-state index is 0.0216. The van der Waals surface area contributed by atoms with Gasteiger partial charge in [0.05, 0.1) is 12.2 Å². The van der Waals surface area contributed by atoms with Crippen LogP contribution in [0, 0.1) is 5.82 Å². The number of thioether (sulfide) groups is 1. The maximum Gasteiger partial charge on any atom is 0.276 e. The predicted octanol–water partition coefficient (Wildman–Crippen LogP) is 3.81. The van der Waals surface area contributed by atoms with Crippen LogP contribution in [0.2, 0.25) is 5.02 Å². The molecule has 1 aromatic carbocycles. The van der Waals surface area contributed by atoms with Crippen molar-refractivity contribution in [3.05, 3.63) is 40.5 Å². The normalized spacial score (nSPS) is 11.2. The summed E-state index contributed by atoms with van der Waals surface area (Å²) in [7, 11) is 0. The van der Waals surface area contributed by atoms with Gasteiger partial charge in [0.25, 0.3) is 5.22 Å². The van der Waals surface area contributed by atoms with Crippen LogP contribution in [0.15, 0.2) is 27.8 Å². The lowest BCUT2D eigenvalue weighted by Crippen LogP contribution is -1.94. The van der Waals surface area contributed by atoms with Gasteiger partial charge in [0.2, 0.25) is 12.3 Å². The molecule has 0 aliphatic carbocycles. The Labute approximate surface area is 116 Å². The number of aromatic nitrogens is 2. The van der Waals surface area contributed by atoms with Crippen LogP contribution in [-0.4, -0.2) is 22.4 Å². The second-order valence-corrected chi connectivity index (χ2v) is 4.92. The molecule has 2 aromatic rings. The van der Waals surface area contributed by atoms with Crippen molar-refractivity contribution < 1.29 is 17.6 Å². The highest BCUT2D eigenvalue weighted by molar-refractivity contribution is 7.99. The van der Waals surface area contributed by atoms with Crippen molar-refractivity contribution in [3.63, 3.8) is 0 Å². The van der Waals surface area contributed by atoms with Crippen LogP contribution < -0.4 is 0 Å². The van der Waals surface area contributed by atoms with Gasteiger partial charge >= 0.3 is 0 Å². The molecule has 19 heavy (non-hydrogen) atoms. The largest absolute Gasteiger partial charge is 0.416 e. The van der Waals surface area contributed by atoms with E-state index in [9.17, 15) is 13.2 Å². The van der Waals surface area contributed by atoms with Gasteiger partial charge in [-0.1, -0.05) is 29.4 Å². The summed E-state index contributed by atoms with van der Waals surface area (Å²) in [4.78, 5) is 0. The van der Waals surface area contributed by atoms with E-state index in [1.54, 1.807) is 6.07 Å². The Kier molecular flexibility index (Phi) is 4.71. The number of rotatable bonds is 5. The average Bonchev–Trinajstić information content (AvgIpc) is 2.79. The minimum atomic E-state index is -2.46. The Morgan fingerprint density at radius 3 is 2.79 bits per heavy atom. The third-order valence-electron chi connectivity index (χ3n) is 2.17. The number of nitrogens with zero attached hydrogens (tertiary/aromatic N) is 2. The molecule has 0 saturated heterocycles. The molecule has 0 atom stereocenters. The van der Waals surface area contributed by atoms with E-state index in [1.807, 2.05) is 0 Å². The first-order valence-corrected chi connectivity index (χ1v) is 6.59. The second-order valence-electron chi connectivity index (χ2n) is 3.54. The Balaban J connectivity index is 2.07. The quantitative estimate of drug-likeness (QED) is 0.787. The average molecular weight is 309 g/mol. The molecule has 8 heteroatoms. The maximum atomic E-state index is 13.5. The lowest BCUT2D eigenvalue weighted by atomic mass is 10.1. The van der Waals surface area contributed by atoms with E-state index in [4.69, 9.17) is 16.0 Å². The van der Waals surface area contributed by atoms with Gasteiger partial charge in [-0.05, 0) is 12.1 Å². The molecule has 0 amide bonds. The number of halogens is 4. The van der Waals surface area contributed by atoms with Gasteiger partial charge in [0.15, 0.2) is 0 Å². The van der Waals surface area contributed by atoms with Gasteiger partial charge in [0.1, 0.15) is 5.82 Å². The second kappa shape index (κ2) is 6.29. The highest BCUT2D eigenvalue weighted by Crippen LogP contribution is 2.24. The fraction of sp³-hybridized carbons (Fsp3) is 0.273. The first kappa shape index (κ1) is 14.2. The van der Waals surface area contributed by atoms with Crippen LogP contribution in [0.1, 0.15) is 11.5 Å². The molecule has 0 unspecified atom stereocenters. The minimum Gasteiger partial charge on any atom is -0.416 e. The van der Waals surface area contributed by atoms with Crippen molar-refractivity contribution in [2.45, 2.75) is 18.1 Å². The molecule has 0 N–H and O–H groups in total. The van der Waals surface area contributed by atoms with E-state index in [-0.39, 0.29) is 28.1 Å². The number of hydrogen-bond donors (Lipinski definition) is 0. The topological polar surface area (TPSA) is 38.9 Å². The first-order valence-electron chi connectivity index (χ1n) is 5.22. The van der Waals surface area contributed by atoms with E-state index >= 15 is 0 Å². The summed E-state index contributed by atoms with van der Waals surface area (Å²) in [5.41, 5.74) is 0.234. The predicted molar refractivity (Wildman–Crippen MR) is 65.2 cm³/mol. The maximum absolute atomic E-state index is 13.5. The molecule has 102 valence electrons. The summed E-state index contributed by atoms with van der Waals surface area (Å²) in [5, 5.41) is 7.54. The Morgan fingerprint density at radius 2 is 2.11 bits per heavy atom. The summed E-state index contributed by atoms with van der Waals surface area (Å²) in [6.07, 6.45) is -2.44. The van der Waals surface area contributed by atoms with Crippen LogP contribution in [0.5, 0.6) is 0 Å².